The van der Waals surface area contributed by atoms with E-state index in [0.717, 1.165) is 37.1 Å². The van der Waals surface area contributed by atoms with Crippen molar-refractivity contribution in [3.8, 4) is 17.2 Å². The number of benzene rings is 2. The van der Waals surface area contributed by atoms with Crippen LogP contribution in [0.1, 0.15) is 36.4 Å². The summed E-state index contributed by atoms with van der Waals surface area (Å²) >= 11 is 0. The molecule has 4 nitrogen and oxygen atoms in total. The lowest BCUT2D eigenvalue weighted by Crippen LogP contribution is -2.34. The SMILES string of the molecule is Oc1cc2c(cc1[C@H](c1ccc(F)cc1)N1CCCCC1)OCO2. The van der Waals surface area contributed by atoms with Crippen LogP contribution in [0.5, 0.6) is 17.2 Å². The number of phenols is 1. The number of hydrogen-bond donors (Lipinski definition) is 1. The summed E-state index contributed by atoms with van der Waals surface area (Å²) in [4.78, 5) is 2.34. The van der Waals surface area contributed by atoms with Gasteiger partial charge in [0.05, 0.1) is 6.04 Å². The summed E-state index contributed by atoms with van der Waals surface area (Å²) < 4.78 is 24.2. The van der Waals surface area contributed by atoms with Gasteiger partial charge < -0.3 is 14.6 Å². The molecule has 5 heteroatoms. The molecule has 2 aromatic rings. The van der Waals surface area contributed by atoms with Gasteiger partial charge in [-0.15, -0.1) is 0 Å². The maximum Gasteiger partial charge on any atom is 0.231 e. The number of nitrogens with zero attached hydrogens (tertiary/aromatic N) is 1. The number of likely N-dealkylation sites (tertiary alicyclic amines) is 1. The van der Waals surface area contributed by atoms with Crippen molar-refractivity contribution in [1.29, 1.82) is 0 Å². The van der Waals surface area contributed by atoms with E-state index in [1.165, 1.54) is 18.6 Å². The van der Waals surface area contributed by atoms with Gasteiger partial charge >= 0.3 is 0 Å². The highest BCUT2D eigenvalue weighted by Gasteiger charge is 2.28. The van der Waals surface area contributed by atoms with E-state index in [0.29, 0.717) is 11.5 Å². The highest BCUT2D eigenvalue weighted by Crippen LogP contribution is 2.43. The third-order valence-corrected chi connectivity index (χ3v) is 4.76. The molecule has 4 rings (SSSR count). The van der Waals surface area contributed by atoms with Crippen LogP contribution < -0.4 is 9.47 Å². The van der Waals surface area contributed by atoms with Crippen LogP contribution in [0.15, 0.2) is 36.4 Å². The first-order valence-corrected chi connectivity index (χ1v) is 8.34. The van der Waals surface area contributed by atoms with Crippen molar-refractivity contribution < 1.29 is 19.0 Å². The summed E-state index contributed by atoms with van der Waals surface area (Å²) in [7, 11) is 0. The average Bonchev–Trinajstić information content (AvgIpc) is 3.05. The second-order valence-electron chi connectivity index (χ2n) is 6.32. The highest BCUT2D eigenvalue weighted by atomic mass is 19.1. The zero-order chi connectivity index (χ0) is 16.5. The molecule has 0 amide bonds. The Morgan fingerprint density at radius 2 is 1.62 bits per heavy atom. The lowest BCUT2D eigenvalue weighted by atomic mass is 9.94. The summed E-state index contributed by atoms with van der Waals surface area (Å²) in [5.41, 5.74) is 1.74. The molecular weight excluding hydrogens is 309 g/mol. The van der Waals surface area contributed by atoms with E-state index in [1.54, 1.807) is 18.2 Å². The van der Waals surface area contributed by atoms with Crippen molar-refractivity contribution >= 4 is 0 Å². The maximum absolute atomic E-state index is 13.4. The molecule has 24 heavy (non-hydrogen) atoms. The van der Waals surface area contributed by atoms with Crippen molar-refractivity contribution in [2.75, 3.05) is 19.9 Å². The Bertz CT molecular complexity index is 726. The van der Waals surface area contributed by atoms with Gasteiger partial charge in [0.25, 0.3) is 0 Å². The van der Waals surface area contributed by atoms with E-state index < -0.39 is 0 Å². The molecule has 0 bridgehead atoms. The first-order chi connectivity index (χ1) is 11.7. The summed E-state index contributed by atoms with van der Waals surface area (Å²) in [5.74, 6) is 1.13. The van der Waals surface area contributed by atoms with Crippen molar-refractivity contribution in [3.05, 3.63) is 53.3 Å². The van der Waals surface area contributed by atoms with Gasteiger partial charge in [0.2, 0.25) is 6.79 Å². The molecule has 0 unspecified atom stereocenters. The molecule has 0 radical (unpaired) electrons. The molecule has 2 aliphatic heterocycles. The number of aromatic hydroxyl groups is 1. The number of piperidine rings is 1. The zero-order valence-electron chi connectivity index (χ0n) is 13.4. The van der Waals surface area contributed by atoms with Gasteiger partial charge in [-0.1, -0.05) is 18.6 Å². The van der Waals surface area contributed by atoms with Gasteiger partial charge in [-0.05, 0) is 49.7 Å². The molecule has 2 aromatic carbocycles. The van der Waals surface area contributed by atoms with Gasteiger partial charge in [-0.2, -0.15) is 0 Å². The van der Waals surface area contributed by atoms with Crippen LogP contribution >= 0.6 is 0 Å². The molecule has 1 saturated heterocycles. The molecule has 126 valence electrons. The Morgan fingerprint density at radius 1 is 0.958 bits per heavy atom. The van der Waals surface area contributed by atoms with Gasteiger partial charge in [-0.25, -0.2) is 4.39 Å². The summed E-state index contributed by atoms with van der Waals surface area (Å²) in [6.45, 7) is 2.08. The van der Waals surface area contributed by atoms with Crippen LogP contribution in [0.25, 0.3) is 0 Å². The Morgan fingerprint density at radius 3 is 2.33 bits per heavy atom. The van der Waals surface area contributed by atoms with E-state index in [2.05, 4.69) is 4.90 Å². The minimum Gasteiger partial charge on any atom is -0.507 e. The van der Waals surface area contributed by atoms with Gasteiger partial charge in [-0.3, -0.25) is 4.90 Å². The molecule has 0 aromatic heterocycles. The number of rotatable bonds is 3. The maximum atomic E-state index is 13.4. The predicted octanol–water partition coefficient (Wildman–Crippen LogP) is 3.84. The minimum absolute atomic E-state index is 0.125. The minimum atomic E-state index is -0.258. The quantitative estimate of drug-likeness (QED) is 0.929. The van der Waals surface area contributed by atoms with Crippen LogP contribution in [0.4, 0.5) is 4.39 Å². The monoisotopic (exact) mass is 329 g/mol. The number of fused-ring (bicyclic) bond motifs is 1. The number of hydrogen-bond acceptors (Lipinski definition) is 4. The van der Waals surface area contributed by atoms with E-state index >= 15 is 0 Å². The third-order valence-electron chi connectivity index (χ3n) is 4.76. The summed E-state index contributed by atoms with van der Waals surface area (Å²) in [6.07, 6.45) is 3.48. The Balaban J connectivity index is 1.78. The van der Waals surface area contributed by atoms with Crippen molar-refractivity contribution in [3.63, 3.8) is 0 Å². The lowest BCUT2D eigenvalue weighted by molar-refractivity contribution is 0.173. The van der Waals surface area contributed by atoms with Crippen LogP contribution in [-0.4, -0.2) is 29.9 Å². The summed E-state index contributed by atoms with van der Waals surface area (Å²) in [6, 6.07) is 9.85. The second kappa shape index (κ2) is 6.32. The molecule has 0 saturated carbocycles. The zero-order valence-corrected chi connectivity index (χ0v) is 13.4. The number of halogens is 1. The molecule has 1 atom stereocenters. The van der Waals surface area contributed by atoms with Crippen molar-refractivity contribution in [2.24, 2.45) is 0 Å². The molecule has 0 aliphatic carbocycles. The van der Waals surface area contributed by atoms with E-state index in [1.807, 2.05) is 6.07 Å². The molecule has 2 heterocycles. The molecule has 1 fully saturated rings. The molecule has 2 aliphatic rings. The lowest BCUT2D eigenvalue weighted by Gasteiger charge is -2.35. The first-order valence-electron chi connectivity index (χ1n) is 8.34. The fraction of sp³-hybridized carbons (Fsp3) is 0.368. The first kappa shape index (κ1) is 15.3. The van der Waals surface area contributed by atoms with Crippen molar-refractivity contribution in [2.45, 2.75) is 25.3 Å². The largest absolute Gasteiger partial charge is 0.507 e. The average molecular weight is 329 g/mol. The standard InChI is InChI=1S/C19H20FNO3/c20-14-6-4-13(5-7-14)19(21-8-2-1-3-9-21)15-10-17-18(11-16(15)22)24-12-23-17/h4-7,10-11,19,22H,1-3,8-9,12H2/t19-/m0/s1. The smallest absolute Gasteiger partial charge is 0.231 e. The molecular formula is C19H20FNO3. The Hall–Kier alpha value is -2.27. The van der Waals surface area contributed by atoms with Crippen LogP contribution in [-0.2, 0) is 0 Å². The van der Waals surface area contributed by atoms with Crippen molar-refractivity contribution in [1.82, 2.24) is 4.90 Å². The van der Waals surface area contributed by atoms with Gasteiger partial charge in [0.1, 0.15) is 11.6 Å². The predicted molar refractivity (Wildman–Crippen MR) is 87.9 cm³/mol. The van der Waals surface area contributed by atoms with Crippen LogP contribution in [0.3, 0.4) is 0 Å². The van der Waals surface area contributed by atoms with E-state index in [-0.39, 0.29) is 24.4 Å². The van der Waals surface area contributed by atoms with Gasteiger partial charge in [0, 0.05) is 11.6 Å². The number of ether oxygens (including phenoxy) is 2. The topological polar surface area (TPSA) is 41.9 Å². The second-order valence-corrected chi connectivity index (χ2v) is 6.32. The van der Waals surface area contributed by atoms with E-state index in [9.17, 15) is 9.50 Å². The molecule has 0 spiro atoms. The normalized spacial score (nSPS) is 18.5. The fourth-order valence-electron chi connectivity index (χ4n) is 3.57. The Labute approximate surface area is 140 Å². The fourth-order valence-corrected chi connectivity index (χ4v) is 3.57. The summed E-state index contributed by atoms with van der Waals surface area (Å²) in [5, 5.41) is 10.6. The van der Waals surface area contributed by atoms with Gasteiger partial charge in [0.15, 0.2) is 11.5 Å². The van der Waals surface area contributed by atoms with Crippen LogP contribution in [0, 0.1) is 5.82 Å². The number of phenolic OH excluding ortho intramolecular Hbond substituents is 1. The Kier molecular flexibility index (Phi) is 4.02. The molecule has 1 N–H and O–H groups in total. The van der Waals surface area contributed by atoms with E-state index in [4.69, 9.17) is 9.47 Å². The highest BCUT2D eigenvalue weighted by molar-refractivity contribution is 5.54. The van der Waals surface area contributed by atoms with Crippen LogP contribution in [0.2, 0.25) is 0 Å². The third kappa shape index (κ3) is 2.80.